The van der Waals surface area contributed by atoms with Gasteiger partial charge in [-0.3, -0.25) is 9.69 Å². The fraction of sp³-hybridized carbons (Fsp3) is 0.467. The average molecular weight is 331 g/mol. The van der Waals surface area contributed by atoms with Gasteiger partial charge in [-0.2, -0.15) is 13.2 Å². The quantitative estimate of drug-likeness (QED) is 0.924. The first-order valence-corrected chi connectivity index (χ1v) is 7.06. The highest BCUT2D eigenvalue weighted by atomic mass is 19.4. The number of carbonyl (C=O) groups is 2. The number of likely N-dealkylation sites (tertiary alicyclic amines) is 1. The second kappa shape index (κ2) is 6.89. The largest absolute Gasteiger partial charge is 0.481 e. The van der Waals surface area contributed by atoms with E-state index in [9.17, 15) is 22.8 Å². The minimum atomic E-state index is -4.62. The molecule has 0 spiro atoms. The summed E-state index contributed by atoms with van der Waals surface area (Å²) >= 11 is 0. The third-order valence-electron chi connectivity index (χ3n) is 3.75. The third-order valence-corrected chi connectivity index (χ3v) is 3.75. The molecule has 1 aromatic rings. The van der Waals surface area contributed by atoms with E-state index >= 15 is 0 Å². The van der Waals surface area contributed by atoms with Crippen LogP contribution in [0.1, 0.15) is 18.4 Å². The first-order valence-electron chi connectivity index (χ1n) is 7.06. The molecular formula is C15H16F3NO4. The van der Waals surface area contributed by atoms with Crippen molar-refractivity contribution < 1.29 is 32.6 Å². The first kappa shape index (κ1) is 17.1. The van der Waals surface area contributed by atoms with Crippen LogP contribution in [0.4, 0.5) is 18.0 Å². The number of aliphatic carboxylic acids is 1. The summed E-state index contributed by atoms with van der Waals surface area (Å²) < 4.78 is 44.1. The van der Waals surface area contributed by atoms with Crippen LogP contribution in [0.5, 0.6) is 0 Å². The van der Waals surface area contributed by atoms with E-state index in [1.807, 2.05) is 0 Å². The summed E-state index contributed by atoms with van der Waals surface area (Å²) in [6, 6.07) is 6.51. The highest BCUT2D eigenvalue weighted by Crippen LogP contribution is 2.34. The van der Waals surface area contributed by atoms with Crippen molar-refractivity contribution in [2.45, 2.75) is 31.7 Å². The normalized spacial score (nSPS) is 21.8. The van der Waals surface area contributed by atoms with Gasteiger partial charge < -0.3 is 9.84 Å². The van der Waals surface area contributed by atoms with Gasteiger partial charge in [0.2, 0.25) is 0 Å². The molecule has 1 heterocycles. The Morgan fingerprint density at radius 1 is 1.22 bits per heavy atom. The van der Waals surface area contributed by atoms with Crippen molar-refractivity contribution >= 4 is 12.1 Å². The average Bonchev–Trinajstić information content (AvgIpc) is 2.52. The lowest BCUT2D eigenvalue weighted by molar-refractivity contribution is -0.191. The minimum absolute atomic E-state index is 0.123. The second-order valence-corrected chi connectivity index (χ2v) is 5.36. The molecule has 1 saturated heterocycles. The highest BCUT2D eigenvalue weighted by molar-refractivity contribution is 5.73. The zero-order chi connectivity index (χ0) is 17.0. The van der Waals surface area contributed by atoms with Crippen molar-refractivity contribution in [1.29, 1.82) is 0 Å². The molecule has 126 valence electrons. The Balaban J connectivity index is 2.07. The molecule has 0 saturated carbocycles. The smallest absolute Gasteiger partial charge is 0.410 e. The molecule has 0 aliphatic carbocycles. The van der Waals surface area contributed by atoms with E-state index in [1.165, 1.54) is 0 Å². The maximum absolute atomic E-state index is 13.0. The van der Waals surface area contributed by atoms with Gasteiger partial charge in [-0.1, -0.05) is 30.3 Å². The molecule has 1 aliphatic rings. The molecule has 8 heteroatoms. The highest BCUT2D eigenvalue weighted by Gasteiger charge is 2.49. The van der Waals surface area contributed by atoms with Gasteiger partial charge in [0.1, 0.15) is 12.6 Å². The predicted octanol–water partition coefficient (Wildman–Crippen LogP) is 3.05. The lowest BCUT2D eigenvalue weighted by Gasteiger charge is -2.38. The summed E-state index contributed by atoms with van der Waals surface area (Å²) in [5, 5.41) is 8.97. The lowest BCUT2D eigenvalue weighted by atomic mass is 9.93. The van der Waals surface area contributed by atoms with Gasteiger partial charge in [-0.15, -0.1) is 0 Å². The number of ether oxygens (including phenoxy) is 1. The van der Waals surface area contributed by atoms with E-state index in [4.69, 9.17) is 9.84 Å². The number of piperidine rings is 1. The van der Waals surface area contributed by atoms with E-state index in [2.05, 4.69) is 0 Å². The Morgan fingerprint density at radius 2 is 1.87 bits per heavy atom. The summed E-state index contributed by atoms with van der Waals surface area (Å²) in [6.45, 7) is -0.675. The number of carboxylic acid groups (broad SMARTS) is 1. The van der Waals surface area contributed by atoms with Gasteiger partial charge in [0, 0.05) is 6.54 Å². The van der Waals surface area contributed by atoms with Crippen LogP contribution in [0.3, 0.4) is 0 Å². The summed E-state index contributed by atoms with van der Waals surface area (Å²) in [5.41, 5.74) is 0.635. The van der Waals surface area contributed by atoms with E-state index < -0.39 is 43.2 Å². The molecule has 1 amide bonds. The lowest BCUT2D eigenvalue weighted by Crippen LogP contribution is -2.54. The number of rotatable bonds is 3. The van der Waals surface area contributed by atoms with Crippen molar-refractivity contribution in [2.24, 2.45) is 5.92 Å². The van der Waals surface area contributed by atoms with Gasteiger partial charge in [0.15, 0.2) is 0 Å². The van der Waals surface area contributed by atoms with E-state index in [1.54, 1.807) is 30.3 Å². The van der Waals surface area contributed by atoms with Gasteiger partial charge in [-0.05, 0) is 18.4 Å². The molecule has 1 aliphatic heterocycles. The Bertz CT molecular complexity index is 562. The monoisotopic (exact) mass is 331 g/mol. The standard InChI is InChI=1S/C15H16F3NO4/c16-15(17,18)12-7-6-11(13(20)21)8-19(12)14(22)23-9-10-4-2-1-3-5-10/h1-5,11-12H,6-9H2,(H,20,21). The minimum Gasteiger partial charge on any atom is -0.481 e. The number of carboxylic acids is 1. The van der Waals surface area contributed by atoms with Gasteiger partial charge in [0.25, 0.3) is 0 Å². The van der Waals surface area contributed by atoms with Crippen LogP contribution in [0, 0.1) is 5.92 Å². The number of carbonyl (C=O) groups excluding carboxylic acids is 1. The molecule has 2 atom stereocenters. The maximum Gasteiger partial charge on any atom is 0.410 e. The van der Waals surface area contributed by atoms with Crippen molar-refractivity contribution in [1.82, 2.24) is 4.90 Å². The SMILES string of the molecule is O=C(O)C1CCC(C(F)(F)F)N(C(=O)OCc2ccccc2)C1. The van der Waals surface area contributed by atoms with Crippen LogP contribution in [-0.2, 0) is 16.1 Å². The molecule has 23 heavy (non-hydrogen) atoms. The maximum atomic E-state index is 13.0. The van der Waals surface area contributed by atoms with Crippen LogP contribution < -0.4 is 0 Å². The molecule has 0 bridgehead atoms. The van der Waals surface area contributed by atoms with Crippen molar-refractivity contribution in [3.8, 4) is 0 Å². The van der Waals surface area contributed by atoms with Crippen LogP contribution in [-0.4, -0.2) is 40.8 Å². The Kier molecular flexibility index (Phi) is 5.12. The first-order chi connectivity index (χ1) is 10.8. The zero-order valence-corrected chi connectivity index (χ0v) is 12.1. The van der Waals surface area contributed by atoms with Crippen molar-refractivity contribution in [2.75, 3.05) is 6.54 Å². The summed E-state index contributed by atoms with van der Waals surface area (Å²) in [7, 11) is 0. The molecule has 2 unspecified atom stereocenters. The third kappa shape index (κ3) is 4.37. The molecule has 2 rings (SSSR count). The summed E-state index contributed by atoms with van der Waals surface area (Å²) in [5.74, 6) is -2.23. The number of nitrogens with zero attached hydrogens (tertiary/aromatic N) is 1. The number of amides is 1. The molecule has 1 aromatic carbocycles. The molecule has 5 nitrogen and oxygen atoms in total. The molecule has 0 radical (unpaired) electrons. The topological polar surface area (TPSA) is 66.8 Å². The van der Waals surface area contributed by atoms with Crippen LogP contribution in [0.25, 0.3) is 0 Å². The molecule has 0 aromatic heterocycles. The van der Waals surface area contributed by atoms with Crippen LogP contribution >= 0.6 is 0 Å². The predicted molar refractivity (Wildman–Crippen MR) is 73.5 cm³/mol. The van der Waals surface area contributed by atoms with Crippen LogP contribution in [0.2, 0.25) is 0 Å². The molecular weight excluding hydrogens is 315 g/mol. The molecule has 1 N–H and O–H groups in total. The Morgan fingerprint density at radius 3 is 2.43 bits per heavy atom. The summed E-state index contributed by atoms with van der Waals surface area (Å²) in [6.07, 6.45) is -6.33. The van der Waals surface area contributed by atoms with Gasteiger partial charge in [-0.25, -0.2) is 4.79 Å². The van der Waals surface area contributed by atoms with Gasteiger partial charge in [0.05, 0.1) is 5.92 Å². The number of hydrogen-bond acceptors (Lipinski definition) is 3. The van der Waals surface area contributed by atoms with E-state index in [-0.39, 0.29) is 13.0 Å². The van der Waals surface area contributed by atoms with Crippen LogP contribution in [0.15, 0.2) is 30.3 Å². The van der Waals surface area contributed by atoms with Gasteiger partial charge >= 0.3 is 18.2 Å². The van der Waals surface area contributed by atoms with Crippen molar-refractivity contribution in [3.05, 3.63) is 35.9 Å². The zero-order valence-electron chi connectivity index (χ0n) is 12.1. The molecule has 1 fully saturated rings. The fourth-order valence-electron chi connectivity index (χ4n) is 2.52. The number of benzene rings is 1. The van der Waals surface area contributed by atoms with Crippen molar-refractivity contribution in [3.63, 3.8) is 0 Å². The van der Waals surface area contributed by atoms with E-state index in [0.29, 0.717) is 10.5 Å². The number of alkyl halides is 3. The Labute approximate surface area is 130 Å². The van der Waals surface area contributed by atoms with E-state index in [0.717, 1.165) is 0 Å². The number of hydrogen-bond donors (Lipinski definition) is 1. The second-order valence-electron chi connectivity index (χ2n) is 5.36. The Hall–Kier alpha value is -2.25. The summed E-state index contributed by atoms with van der Waals surface area (Å²) in [4.78, 5) is 23.5. The fourth-order valence-corrected chi connectivity index (χ4v) is 2.52. The number of halogens is 3.